The van der Waals surface area contributed by atoms with Crippen LogP contribution in [-0.2, 0) is 4.79 Å². The van der Waals surface area contributed by atoms with E-state index >= 15 is 0 Å². The molecule has 0 spiro atoms. The summed E-state index contributed by atoms with van der Waals surface area (Å²) in [6.45, 7) is 0. The molecule has 1 heterocycles. The predicted molar refractivity (Wildman–Crippen MR) is 59.5 cm³/mol. The van der Waals surface area contributed by atoms with Gasteiger partial charge in [0.15, 0.2) is 0 Å². The predicted octanol–water partition coefficient (Wildman–Crippen LogP) is 1.71. The minimum atomic E-state index is -0.414. The Kier molecular flexibility index (Phi) is 2.86. The molecule has 3 nitrogen and oxygen atoms in total. The lowest BCUT2D eigenvalue weighted by molar-refractivity contribution is -0.127. The van der Waals surface area contributed by atoms with Gasteiger partial charge in [0.1, 0.15) is 5.82 Å². The van der Waals surface area contributed by atoms with Crippen LogP contribution in [0, 0.1) is 5.82 Å². The highest BCUT2D eigenvalue weighted by molar-refractivity contribution is 6.30. The van der Waals surface area contributed by atoms with Crippen LogP contribution in [0.3, 0.4) is 0 Å². The van der Waals surface area contributed by atoms with Gasteiger partial charge in [0, 0.05) is 24.5 Å². The van der Waals surface area contributed by atoms with E-state index in [-0.39, 0.29) is 24.4 Å². The van der Waals surface area contributed by atoms with Crippen molar-refractivity contribution in [2.75, 3.05) is 7.05 Å². The SMILES string of the molecule is CN1C(=O)CC(N)C1c1cc(F)cc(Cl)c1. The zero-order valence-electron chi connectivity index (χ0n) is 8.78. The fraction of sp³-hybridized carbons (Fsp3) is 0.364. The molecule has 0 aliphatic carbocycles. The summed E-state index contributed by atoms with van der Waals surface area (Å²) in [5.41, 5.74) is 6.51. The van der Waals surface area contributed by atoms with E-state index in [1.165, 1.54) is 17.0 Å². The second kappa shape index (κ2) is 4.03. The van der Waals surface area contributed by atoms with Gasteiger partial charge in [0.25, 0.3) is 0 Å². The zero-order valence-corrected chi connectivity index (χ0v) is 9.54. The molecule has 1 fully saturated rings. The standard InChI is InChI=1S/C11H12ClFN2O/c1-15-10(16)5-9(14)11(15)6-2-7(12)4-8(13)3-6/h2-4,9,11H,5,14H2,1H3. The molecule has 0 saturated carbocycles. The van der Waals surface area contributed by atoms with Gasteiger partial charge in [-0.3, -0.25) is 4.79 Å². The third kappa shape index (κ3) is 1.90. The van der Waals surface area contributed by atoms with Crippen molar-refractivity contribution in [2.45, 2.75) is 18.5 Å². The van der Waals surface area contributed by atoms with Crippen LogP contribution >= 0.6 is 11.6 Å². The number of carbonyl (C=O) groups excluding carboxylic acids is 1. The van der Waals surface area contributed by atoms with E-state index in [4.69, 9.17) is 17.3 Å². The Balaban J connectivity index is 2.40. The average molecular weight is 243 g/mol. The summed E-state index contributed by atoms with van der Waals surface area (Å²) in [7, 11) is 1.67. The molecular weight excluding hydrogens is 231 g/mol. The molecule has 1 aliphatic heterocycles. The second-order valence-electron chi connectivity index (χ2n) is 4.02. The lowest BCUT2D eigenvalue weighted by Gasteiger charge is -2.23. The van der Waals surface area contributed by atoms with Crippen LogP contribution in [0.2, 0.25) is 5.02 Å². The number of nitrogens with zero attached hydrogens (tertiary/aromatic N) is 1. The molecule has 1 aromatic carbocycles. The molecule has 1 saturated heterocycles. The molecule has 2 N–H and O–H groups in total. The lowest BCUT2D eigenvalue weighted by atomic mass is 10.0. The largest absolute Gasteiger partial charge is 0.337 e. The van der Waals surface area contributed by atoms with Crippen LogP contribution in [0.25, 0.3) is 0 Å². The summed E-state index contributed by atoms with van der Waals surface area (Å²) in [5.74, 6) is -0.444. The van der Waals surface area contributed by atoms with Crippen molar-refractivity contribution in [3.05, 3.63) is 34.6 Å². The highest BCUT2D eigenvalue weighted by Gasteiger charge is 2.36. The summed E-state index contributed by atoms with van der Waals surface area (Å²) in [6.07, 6.45) is 0.287. The Bertz CT molecular complexity index is 418. The smallest absolute Gasteiger partial charge is 0.224 e. The fourth-order valence-corrected chi connectivity index (χ4v) is 2.35. The summed E-state index contributed by atoms with van der Waals surface area (Å²) in [4.78, 5) is 13.0. The van der Waals surface area contributed by atoms with E-state index < -0.39 is 5.82 Å². The van der Waals surface area contributed by atoms with Gasteiger partial charge < -0.3 is 10.6 Å². The van der Waals surface area contributed by atoms with Crippen LogP contribution in [0.15, 0.2) is 18.2 Å². The number of hydrogen-bond acceptors (Lipinski definition) is 2. The molecule has 0 aromatic heterocycles. The fourth-order valence-electron chi connectivity index (χ4n) is 2.12. The highest BCUT2D eigenvalue weighted by Crippen LogP contribution is 2.32. The first kappa shape index (κ1) is 11.4. The molecule has 1 amide bonds. The monoisotopic (exact) mass is 242 g/mol. The van der Waals surface area contributed by atoms with Crippen molar-refractivity contribution in [2.24, 2.45) is 5.73 Å². The van der Waals surface area contributed by atoms with Gasteiger partial charge in [0.05, 0.1) is 6.04 Å². The Morgan fingerprint density at radius 2 is 2.19 bits per heavy atom. The molecule has 2 rings (SSSR count). The molecule has 2 unspecified atom stereocenters. The summed E-state index contributed by atoms with van der Waals surface area (Å²) >= 11 is 5.78. The van der Waals surface area contributed by atoms with E-state index in [9.17, 15) is 9.18 Å². The average Bonchev–Trinajstić information content (AvgIpc) is 2.39. The van der Waals surface area contributed by atoms with E-state index in [1.807, 2.05) is 0 Å². The van der Waals surface area contributed by atoms with Crippen LogP contribution in [0.1, 0.15) is 18.0 Å². The van der Waals surface area contributed by atoms with Gasteiger partial charge in [-0.1, -0.05) is 11.6 Å². The van der Waals surface area contributed by atoms with Gasteiger partial charge >= 0.3 is 0 Å². The third-order valence-electron chi connectivity index (χ3n) is 2.85. The first-order valence-electron chi connectivity index (χ1n) is 4.96. The maximum Gasteiger partial charge on any atom is 0.224 e. The van der Waals surface area contributed by atoms with Crippen LogP contribution < -0.4 is 5.73 Å². The third-order valence-corrected chi connectivity index (χ3v) is 3.07. The topological polar surface area (TPSA) is 46.3 Å². The first-order valence-corrected chi connectivity index (χ1v) is 5.34. The van der Waals surface area contributed by atoms with Crippen LogP contribution in [-0.4, -0.2) is 23.9 Å². The molecule has 1 aromatic rings. The van der Waals surface area contributed by atoms with Crippen LogP contribution in [0.5, 0.6) is 0 Å². The number of likely N-dealkylation sites (N-methyl/N-ethyl adjacent to an activating group) is 1. The van der Waals surface area contributed by atoms with Gasteiger partial charge in [-0.25, -0.2) is 4.39 Å². The van der Waals surface area contributed by atoms with E-state index in [0.29, 0.717) is 10.6 Å². The summed E-state index contributed by atoms with van der Waals surface area (Å²) < 4.78 is 13.2. The number of likely N-dealkylation sites (tertiary alicyclic amines) is 1. The van der Waals surface area contributed by atoms with Crippen molar-refractivity contribution < 1.29 is 9.18 Å². The maximum absolute atomic E-state index is 13.2. The minimum Gasteiger partial charge on any atom is -0.337 e. The Morgan fingerprint density at radius 1 is 1.50 bits per heavy atom. The van der Waals surface area contributed by atoms with Gasteiger partial charge in [-0.05, 0) is 23.8 Å². The number of halogens is 2. The number of nitrogens with two attached hydrogens (primary N) is 1. The van der Waals surface area contributed by atoms with Gasteiger partial charge in [-0.2, -0.15) is 0 Å². The normalized spacial score (nSPS) is 25.2. The zero-order chi connectivity index (χ0) is 11.9. The summed E-state index contributed by atoms with van der Waals surface area (Å²) in [5, 5.41) is 0.315. The Hall–Kier alpha value is -1.13. The van der Waals surface area contributed by atoms with Crippen molar-refractivity contribution in [1.29, 1.82) is 0 Å². The van der Waals surface area contributed by atoms with Gasteiger partial charge in [0.2, 0.25) is 5.91 Å². The first-order chi connectivity index (χ1) is 7.49. The lowest BCUT2D eigenvalue weighted by Crippen LogP contribution is -2.30. The minimum absolute atomic E-state index is 0.0297. The number of benzene rings is 1. The molecule has 5 heteroatoms. The molecule has 0 radical (unpaired) electrons. The quantitative estimate of drug-likeness (QED) is 0.815. The number of amides is 1. The molecule has 86 valence electrons. The van der Waals surface area contributed by atoms with E-state index in [0.717, 1.165) is 0 Å². The second-order valence-corrected chi connectivity index (χ2v) is 4.46. The van der Waals surface area contributed by atoms with E-state index in [1.54, 1.807) is 13.1 Å². The van der Waals surface area contributed by atoms with Crippen molar-refractivity contribution in [1.82, 2.24) is 4.90 Å². The highest BCUT2D eigenvalue weighted by atomic mass is 35.5. The van der Waals surface area contributed by atoms with Crippen LogP contribution in [0.4, 0.5) is 4.39 Å². The number of carbonyl (C=O) groups is 1. The van der Waals surface area contributed by atoms with E-state index in [2.05, 4.69) is 0 Å². The van der Waals surface area contributed by atoms with Gasteiger partial charge in [-0.15, -0.1) is 0 Å². The number of hydrogen-bond donors (Lipinski definition) is 1. The number of rotatable bonds is 1. The Labute approximate surface area is 98.0 Å². The molecule has 1 aliphatic rings. The molecule has 0 bridgehead atoms. The molecular formula is C11H12ClFN2O. The Morgan fingerprint density at radius 3 is 2.69 bits per heavy atom. The van der Waals surface area contributed by atoms with Crippen molar-refractivity contribution in [3.8, 4) is 0 Å². The summed E-state index contributed by atoms with van der Waals surface area (Å²) in [6, 6.07) is 3.64. The van der Waals surface area contributed by atoms with Crippen molar-refractivity contribution in [3.63, 3.8) is 0 Å². The maximum atomic E-state index is 13.2. The molecule has 2 atom stereocenters. The van der Waals surface area contributed by atoms with Crippen molar-refractivity contribution >= 4 is 17.5 Å². The molecule has 16 heavy (non-hydrogen) atoms.